The molecule has 0 saturated carbocycles. The van der Waals surface area contributed by atoms with Gasteiger partial charge in [0, 0.05) is 30.4 Å². The number of rotatable bonds is 11. The monoisotopic (exact) mass is 613 g/mol. The van der Waals surface area contributed by atoms with Crippen molar-refractivity contribution in [1.82, 2.24) is 9.88 Å². The van der Waals surface area contributed by atoms with Gasteiger partial charge in [0.05, 0.1) is 6.61 Å². The Morgan fingerprint density at radius 3 is 2.43 bits per heavy atom. The molecule has 0 amide bonds. The lowest BCUT2D eigenvalue weighted by Gasteiger charge is -2.35. The van der Waals surface area contributed by atoms with E-state index in [2.05, 4.69) is 10.3 Å². The molecule has 8 N–H and O–H groups in total. The van der Waals surface area contributed by atoms with Crippen molar-refractivity contribution in [2.45, 2.75) is 38.8 Å². The molecule has 1 aliphatic rings. The molecule has 44 heavy (non-hydrogen) atoms. The van der Waals surface area contributed by atoms with Gasteiger partial charge in [0.2, 0.25) is 17.4 Å². The summed E-state index contributed by atoms with van der Waals surface area (Å²) in [4.78, 5) is 17.9. The van der Waals surface area contributed by atoms with Crippen molar-refractivity contribution in [3.8, 4) is 34.8 Å². The predicted octanol–water partition coefficient (Wildman–Crippen LogP) is 4.03. The number of amidine groups is 1. The Morgan fingerprint density at radius 1 is 1.11 bits per heavy atom. The van der Waals surface area contributed by atoms with Crippen LogP contribution in [0.1, 0.15) is 32.3 Å². The minimum absolute atomic E-state index is 0.0637. The second kappa shape index (κ2) is 13.9. The molecular weight excluding hydrogens is 580 g/mol. The smallest absolute Gasteiger partial charge is 0.323 e. The number of carbonyl (C=O) groups excluding carboxylic acids is 1. The van der Waals surface area contributed by atoms with Gasteiger partial charge in [-0.1, -0.05) is 6.07 Å². The number of phenols is 1. The molecule has 0 aliphatic carbocycles. The molecule has 1 fully saturated rings. The third-order valence-corrected chi connectivity index (χ3v) is 6.72. The van der Waals surface area contributed by atoms with E-state index < -0.39 is 47.0 Å². The summed E-state index contributed by atoms with van der Waals surface area (Å²) in [5.41, 5.74) is 11.4. The third kappa shape index (κ3) is 7.60. The number of carbonyl (C=O) groups is 1. The number of nitrogen functional groups attached to an aromatic ring is 1. The highest BCUT2D eigenvalue weighted by atomic mass is 19.1. The van der Waals surface area contributed by atoms with Gasteiger partial charge in [-0.2, -0.15) is 13.8 Å². The van der Waals surface area contributed by atoms with Gasteiger partial charge in [-0.05, 0) is 57.0 Å². The summed E-state index contributed by atoms with van der Waals surface area (Å²) in [6.07, 6.45) is 0.0556. The second-order valence-corrected chi connectivity index (χ2v) is 9.83. The Hall–Kier alpha value is -5.18. The summed E-state index contributed by atoms with van der Waals surface area (Å²) in [5.74, 6) is -6.53. The van der Waals surface area contributed by atoms with Crippen molar-refractivity contribution in [1.29, 1.82) is 10.8 Å². The van der Waals surface area contributed by atoms with Gasteiger partial charge in [0.15, 0.2) is 17.5 Å². The van der Waals surface area contributed by atoms with E-state index in [-0.39, 0.29) is 41.4 Å². The summed E-state index contributed by atoms with van der Waals surface area (Å²) in [6, 6.07) is 9.28. The van der Waals surface area contributed by atoms with Crippen LogP contribution in [0.3, 0.4) is 0 Å². The van der Waals surface area contributed by atoms with Gasteiger partial charge in [-0.25, -0.2) is 0 Å². The highest BCUT2D eigenvalue weighted by Gasteiger charge is 2.32. The lowest BCUT2D eigenvalue weighted by molar-refractivity contribution is -0.149. The molecule has 1 aromatic heterocycles. The number of guanidine groups is 1. The van der Waals surface area contributed by atoms with Crippen LogP contribution in [0, 0.1) is 22.5 Å². The van der Waals surface area contributed by atoms with Gasteiger partial charge in [-0.3, -0.25) is 20.5 Å². The Kier molecular flexibility index (Phi) is 10.0. The fourth-order valence-corrected chi connectivity index (χ4v) is 4.45. The standard InChI is InChI=1S/C29H33F2N7O6/c1-3-41-28(40)15(2)38-11-9-18(10-12-38)42-24-22(30)26(43-19-6-4-5-17(14-19)36-29(34)35)37-27(23(24)31)44-21-13-16(25(32)33)7-8-20(21)39/h4-8,13-15,18,39H,3,9-12H2,1-2H3,(H3,32,33)(H4,34,35,36). The normalized spacial score (nSPS) is 14.4. The minimum atomic E-state index is -1.29. The highest BCUT2D eigenvalue weighted by molar-refractivity contribution is 5.95. The second-order valence-electron chi connectivity index (χ2n) is 9.83. The Morgan fingerprint density at radius 2 is 1.80 bits per heavy atom. The molecule has 2 heterocycles. The van der Waals surface area contributed by atoms with Crippen LogP contribution in [0.15, 0.2) is 42.5 Å². The first-order valence-corrected chi connectivity index (χ1v) is 13.7. The molecule has 234 valence electrons. The van der Waals surface area contributed by atoms with Crippen LogP contribution in [0.4, 0.5) is 14.5 Å². The van der Waals surface area contributed by atoms with E-state index in [4.69, 9.17) is 41.2 Å². The Labute approximate surface area is 251 Å². The number of phenolic OH excluding ortho intramolecular Hbond substituents is 1. The highest BCUT2D eigenvalue weighted by Crippen LogP contribution is 2.40. The number of ether oxygens (including phenoxy) is 4. The van der Waals surface area contributed by atoms with E-state index >= 15 is 8.78 Å². The number of halogens is 2. The number of hydrogen-bond acceptors (Lipinski definition) is 10. The van der Waals surface area contributed by atoms with Crippen molar-refractivity contribution in [2.24, 2.45) is 11.5 Å². The van der Waals surface area contributed by atoms with Crippen LogP contribution in [0.2, 0.25) is 0 Å². The molecule has 0 spiro atoms. The average molecular weight is 614 g/mol. The van der Waals surface area contributed by atoms with Crippen LogP contribution in [-0.4, -0.2) is 64.6 Å². The number of benzene rings is 2. The van der Waals surface area contributed by atoms with Crippen molar-refractivity contribution >= 4 is 23.5 Å². The zero-order valence-corrected chi connectivity index (χ0v) is 24.0. The van der Waals surface area contributed by atoms with E-state index in [0.29, 0.717) is 31.6 Å². The molecule has 13 nitrogen and oxygen atoms in total. The summed E-state index contributed by atoms with van der Waals surface area (Å²) < 4.78 is 53.7. The molecule has 1 aliphatic heterocycles. The van der Waals surface area contributed by atoms with Gasteiger partial charge in [0.25, 0.3) is 11.8 Å². The first-order valence-electron chi connectivity index (χ1n) is 13.7. The first-order chi connectivity index (χ1) is 21.0. The minimum Gasteiger partial charge on any atom is -0.504 e. The van der Waals surface area contributed by atoms with Gasteiger partial charge in [-0.15, -0.1) is 0 Å². The van der Waals surface area contributed by atoms with Crippen LogP contribution in [0.5, 0.6) is 34.8 Å². The number of aromatic nitrogens is 1. The van der Waals surface area contributed by atoms with Gasteiger partial charge >= 0.3 is 5.97 Å². The van der Waals surface area contributed by atoms with Gasteiger partial charge in [0.1, 0.15) is 23.7 Å². The van der Waals surface area contributed by atoms with Crippen molar-refractivity contribution in [2.75, 3.05) is 25.0 Å². The quantitative estimate of drug-likeness (QED) is 0.104. The largest absolute Gasteiger partial charge is 0.504 e. The average Bonchev–Trinajstić information content (AvgIpc) is 2.98. The zero-order valence-electron chi connectivity index (χ0n) is 24.0. The molecule has 15 heteroatoms. The van der Waals surface area contributed by atoms with Crippen molar-refractivity contribution in [3.63, 3.8) is 0 Å². The number of anilines is 1. The van der Waals surface area contributed by atoms with Crippen LogP contribution < -0.4 is 31.0 Å². The summed E-state index contributed by atoms with van der Waals surface area (Å²) >= 11 is 0. The number of pyridine rings is 1. The summed E-state index contributed by atoms with van der Waals surface area (Å²) in [5, 5.41) is 27.9. The van der Waals surface area contributed by atoms with E-state index in [0.717, 1.165) is 0 Å². The maximum absolute atomic E-state index is 15.8. The third-order valence-electron chi connectivity index (χ3n) is 6.72. The maximum atomic E-state index is 15.8. The molecule has 1 unspecified atom stereocenters. The van der Waals surface area contributed by atoms with E-state index in [1.807, 2.05) is 4.90 Å². The molecular formula is C29H33F2N7O6. The fraction of sp³-hybridized carbons (Fsp3) is 0.310. The first kappa shape index (κ1) is 31.7. The number of piperidine rings is 1. The Balaban J connectivity index is 1.66. The number of nitrogens with one attached hydrogen (secondary N) is 3. The number of likely N-dealkylation sites (tertiary alicyclic amines) is 1. The summed E-state index contributed by atoms with van der Waals surface area (Å²) in [6.45, 7) is 4.53. The predicted molar refractivity (Wildman–Crippen MR) is 157 cm³/mol. The number of aromatic hydroxyl groups is 1. The van der Waals surface area contributed by atoms with Crippen molar-refractivity contribution < 1.29 is 37.6 Å². The Bertz CT molecular complexity index is 1550. The molecule has 0 bridgehead atoms. The topological polar surface area (TPSA) is 202 Å². The van der Waals surface area contributed by atoms with E-state index in [9.17, 15) is 9.90 Å². The SMILES string of the molecule is CCOC(=O)C(C)N1CCC(Oc2c(F)c(Oc3cccc(NC(=N)N)c3)nc(Oc3cc(C(=N)N)ccc3O)c2F)CC1. The maximum Gasteiger partial charge on any atom is 0.323 e. The van der Waals surface area contributed by atoms with Crippen LogP contribution in [0.25, 0.3) is 0 Å². The lowest BCUT2D eigenvalue weighted by Crippen LogP contribution is -2.46. The van der Waals surface area contributed by atoms with Crippen LogP contribution in [-0.2, 0) is 9.53 Å². The van der Waals surface area contributed by atoms with Crippen LogP contribution >= 0.6 is 0 Å². The molecule has 3 aromatic rings. The molecule has 4 rings (SSSR count). The van der Waals surface area contributed by atoms with E-state index in [1.54, 1.807) is 26.0 Å². The van der Waals surface area contributed by atoms with E-state index in [1.165, 1.54) is 30.3 Å². The number of esters is 1. The zero-order chi connectivity index (χ0) is 32.0. The fourth-order valence-electron chi connectivity index (χ4n) is 4.45. The molecule has 1 atom stereocenters. The number of nitrogens with two attached hydrogens (primary N) is 2. The molecule has 2 aromatic carbocycles. The summed E-state index contributed by atoms with van der Waals surface area (Å²) in [7, 11) is 0. The molecule has 0 radical (unpaired) electrons. The lowest BCUT2D eigenvalue weighted by atomic mass is 10.1. The number of hydrogen-bond donors (Lipinski definition) is 6. The number of nitrogens with zero attached hydrogens (tertiary/aromatic N) is 2. The van der Waals surface area contributed by atoms with Crippen molar-refractivity contribution in [3.05, 3.63) is 59.7 Å². The van der Waals surface area contributed by atoms with Gasteiger partial charge < -0.3 is 40.8 Å². The molecule has 1 saturated heterocycles.